The topological polar surface area (TPSA) is 67.4 Å². The lowest BCUT2D eigenvalue weighted by molar-refractivity contribution is -0.126. The molecule has 1 aromatic heterocycles. The number of ether oxygens (including phenoxy) is 1. The predicted molar refractivity (Wildman–Crippen MR) is 119 cm³/mol. The molecule has 154 valence electrons. The third kappa shape index (κ3) is 5.07. The molecule has 5 nitrogen and oxygen atoms in total. The van der Waals surface area contributed by atoms with E-state index in [0.29, 0.717) is 30.1 Å². The first-order chi connectivity index (χ1) is 14.7. The average molecular weight is 421 g/mol. The highest BCUT2D eigenvalue weighted by molar-refractivity contribution is 7.12. The zero-order valence-corrected chi connectivity index (χ0v) is 17.4. The van der Waals surface area contributed by atoms with Gasteiger partial charge in [0.15, 0.2) is 0 Å². The summed E-state index contributed by atoms with van der Waals surface area (Å²) in [5.41, 5.74) is 2.92. The summed E-state index contributed by atoms with van der Waals surface area (Å²) >= 11 is 1.40. The summed E-state index contributed by atoms with van der Waals surface area (Å²) in [6, 6.07) is 19.5. The number of thiophene rings is 1. The van der Waals surface area contributed by atoms with Gasteiger partial charge in [0.25, 0.3) is 5.91 Å². The van der Waals surface area contributed by atoms with Gasteiger partial charge in [0.2, 0.25) is 5.91 Å². The van der Waals surface area contributed by atoms with Crippen LogP contribution in [0.5, 0.6) is 5.75 Å². The Labute approximate surface area is 180 Å². The minimum absolute atomic E-state index is 0.0155. The second-order valence-corrected chi connectivity index (χ2v) is 8.29. The molecule has 0 aliphatic carbocycles. The Bertz CT molecular complexity index is 1000. The standard InChI is InChI=1S/C24H24N2O3S/c27-23(25-12-4-8-17-6-2-1-3-7-17)19-14-18-15-20(10-11-21(18)29-16-19)26-24(28)22-9-5-13-30-22/h1-3,5-7,9-11,13,15,19H,4,8,12,14,16H2,(H,25,27)(H,26,28)/t19-/m0/s1. The van der Waals surface area contributed by atoms with E-state index in [2.05, 4.69) is 22.8 Å². The Morgan fingerprint density at radius 2 is 1.93 bits per heavy atom. The van der Waals surface area contributed by atoms with E-state index in [9.17, 15) is 9.59 Å². The van der Waals surface area contributed by atoms with E-state index >= 15 is 0 Å². The molecule has 2 heterocycles. The molecule has 0 unspecified atom stereocenters. The Balaban J connectivity index is 1.29. The molecule has 2 aromatic carbocycles. The molecule has 6 heteroatoms. The molecule has 0 saturated heterocycles. The molecular weight excluding hydrogens is 396 g/mol. The molecular formula is C24H24N2O3S. The van der Waals surface area contributed by atoms with E-state index < -0.39 is 0 Å². The highest BCUT2D eigenvalue weighted by Crippen LogP contribution is 2.30. The number of amides is 2. The van der Waals surface area contributed by atoms with Gasteiger partial charge in [-0.05, 0) is 60.0 Å². The van der Waals surface area contributed by atoms with Crippen LogP contribution in [0.3, 0.4) is 0 Å². The maximum Gasteiger partial charge on any atom is 0.265 e. The number of fused-ring (bicyclic) bond motifs is 1. The fourth-order valence-electron chi connectivity index (χ4n) is 3.53. The molecule has 0 bridgehead atoms. The lowest BCUT2D eigenvalue weighted by Crippen LogP contribution is -2.37. The monoisotopic (exact) mass is 420 g/mol. The number of hydrogen-bond donors (Lipinski definition) is 2. The average Bonchev–Trinajstić information content (AvgIpc) is 3.32. The second kappa shape index (κ2) is 9.59. The van der Waals surface area contributed by atoms with Crippen molar-refractivity contribution in [1.29, 1.82) is 0 Å². The molecule has 2 amide bonds. The Kier molecular flexibility index (Phi) is 6.44. The third-order valence-corrected chi connectivity index (χ3v) is 5.99. The Hall–Kier alpha value is -3.12. The maximum absolute atomic E-state index is 12.6. The van der Waals surface area contributed by atoms with E-state index in [-0.39, 0.29) is 17.7 Å². The summed E-state index contributed by atoms with van der Waals surface area (Å²) in [6.45, 7) is 1.02. The smallest absolute Gasteiger partial charge is 0.265 e. The van der Waals surface area contributed by atoms with Crippen molar-refractivity contribution in [2.75, 3.05) is 18.5 Å². The van der Waals surface area contributed by atoms with Gasteiger partial charge in [0.1, 0.15) is 12.4 Å². The van der Waals surface area contributed by atoms with E-state index in [1.165, 1.54) is 16.9 Å². The van der Waals surface area contributed by atoms with Crippen molar-refractivity contribution in [2.45, 2.75) is 19.3 Å². The van der Waals surface area contributed by atoms with Crippen molar-refractivity contribution < 1.29 is 14.3 Å². The fourth-order valence-corrected chi connectivity index (χ4v) is 4.15. The van der Waals surface area contributed by atoms with Crippen LogP contribution in [0.1, 0.15) is 27.2 Å². The molecule has 1 atom stereocenters. The van der Waals surface area contributed by atoms with E-state index in [4.69, 9.17) is 4.74 Å². The minimum Gasteiger partial charge on any atom is -0.492 e. The van der Waals surface area contributed by atoms with Gasteiger partial charge in [-0.1, -0.05) is 36.4 Å². The van der Waals surface area contributed by atoms with Crippen molar-refractivity contribution in [3.8, 4) is 5.75 Å². The van der Waals surface area contributed by atoms with Gasteiger partial charge in [-0.2, -0.15) is 0 Å². The highest BCUT2D eigenvalue weighted by Gasteiger charge is 2.26. The zero-order valence-electron chi connectivity index (χ0n) is 16.6. The number of rotatable bonds is 7. The summed E-state index contributed by atoms with van der Waals surface area (Å²) in [4.78, 5) is 25.5. The molecule has 0 saturated carbocycles. The number of hydrogen-bond acceptors (Lipinski definition) is 4. The highest BCUT2D eigenvalue weighted by atomic mass is 32.1. The van der Waals surface area contributed by atoms with Crippen molar-refractivity contribution in [2.24, 2.45) is 5.92 Å². The second-order valence-electron chi connectivity index (χ2n) is 7.35. The molecule has 2 N–H and O–H groups in total. The number of anilines is 1. The number of aryl methyl sites for hydroxylation is 1. The zero-order chi connectivity index (χ0) is 20.8. The molecule has 0 radical (unpaired) electrons. The fraction of sp³-hybridized carbons (Fsp3) is 0.250. The van der Waals surface area contributed by atoms with Gasteiger partial charge in [-0.25, -0.2) is 0 Å². The summed E-state index contributed by atoms with van der Waals surface area (Å²) < 4.78 is 5.79. The summed E-state index contributed by atoms with van der Waals surface area (Å²) in [6.07, 6.45) is 2.44. The number of carbonyl (C=O) groups is 2. The number of carbonyl (C=O) groups excluding carboxylic acids is 2. The van der Waals surface area contributed by atoms with Crippen molar-refractivity contribution in [1.82, 2.24) is 5.32 Å². The van der Waals surface area contributed by atoms with Gasteiger partial charge < -0.3 is 15.4 Å². The molecule has 1 aliphatic rings. The first-order valence-corrected chi connectivity index (χ1v) is 11.0. The number of nitrogens with one attached hydrogen (secondary N) is 2. The summed E-state index contributed by atoms with van der Waals surface area (Å²) in [5.74, 6) is 0.436. The van der Waals surface area contributed by atoms with Crippen LogP contribution in [0, 0.1) is 5.92 Å². The maximum atomic E-state index is 12.6. The predicted octanol–water partition coefficient (Wildman–Crippen LogP) is 4.30. The van der Waals surface area contributed by atoms with Crippen LogP contribution >= 0.6 is 11.3 Å². The van der Waals surface area contributed by atoms with Gasteiger partial charge in [0.05, 0.1) is 10.8 Å². The van der Waals surface area contributed by atoms with Crippen LogP contribution < -0.4 is 15.4 Å². The van der Waals surface area contributed by atoms with E-state index in [1.807, 2.05) is 47.8 Å². The number of benzene rings is 2. The molecule has 3 aromatic rings. The third-order valence-electron chi connectivity index (χ3n) is 5.12. The minimum atomic E-state index is -0.225. The van der Waals surface area contributed by atoms with E-state index in [1.54, 1.807) is 6.07 Å². The van der Waals surface area contributed by atoms with Crippen molar-refractivity contribution in [3.05, 3.63) is 82.0 Å². The Morgan fingerprint density at radius 1 is 1.07 bits per heavy atom. The molecule has 30 heavy (non-hydrogen) atoms. The van der Waals surface area contributed by atoms with Crippen LogP contribution in [0.25, 0.3) is 0 Å². The first-order valence-electron chi connectivity index (χ1n) is 10.1. The normalized spacial score (nSPS) is 15.0. The van der Waals surface area contributed by atoms with Crippen LogP contribution in [0.2, 0.25) is 0 Å². The van der Waals surface area contributed by atoms with Crippen LogP contribution in [0.15, 0.2) is 66.0 Å². The molecule has 0 spiro atoms. The molecule has 4 rings (SSSR count). The Morgan fingerprint density at radius 3 is 2.73 bits per heavy atom. The van der Waals surface area contributed by atoms with Crippen molar-refractivity contribution in [3.63, 3.8) is 0 Å². The van der Waals surface area contributed by atoms with Crippen LogP contribution in [0.4, 0.5) is 5.69 Å². The summed E-state index contributed by atoms with van der Waals surface area (Å²) in [5, 5.41) is 7.82. The molecule has 1 aliphatic heterocycles. The SMILES string of the molecule is O=C(Nc1ccc2c(c1)C[C@H](C(=O)NCCCc1ccccc1)CO2)c1cccs1. The van der Waals surface area contributed by atoms with Gasteiger partial charge in [-0.3, -0.25) is 9.59 Å². The lowest BCUT2D eigenvalue weighted by atomic mass is 9.95. The van der Waals surface area contributed by atoms with Crippen molar-refractivity contribution >= 4 is 28.8 Å². The molecule has 0 fully saturated rings. The largest absolute Gasteiger partial charge is 0.492 e. The van der Waals surface area contributed by atoms with E-state index in [0.717, 1.165) is 24.2 Å². The van der Waals surface area contributed by atoms with Crippen LogP contribution in [-0.4, -0.2) is 25.0 Å². The van der Waals surface area contributed by atoms with Gasteiger partial charge in [-0.15, -0.1) is 11.3 Å². The summed E-state index contributed by atoms with van der Waals surface area (Å²) in [7, 11) is 0. The van der Waals surface area contributed by atoms with Crippen LogP contribution in [-0.2, 0) is 17.6 Å². The lowest BCUT2D eigenvalue weighted by Gasteiger charge is -2.25. The quantitative estimate of drug-likeness (QED) is 0.560. The van der Waals surface area contributed by atoms with Gasteiger partial charge in [0, 0.05) is 12.2 Å². The van der Waals surface area contributed by atoms with Gasteiger partial charge >= 0.3 is 0 Å². The first kappa shape index (κ1) is 20.2.